The van der Waals surface area contributed by atoms with E-state index in [9.17, 15) is 5.26 Å². The van der Waals surface area contributed by atoms with Crippen molar-refractivity contribution in [3.8, 4) is 17.2 Å². The first-order valence-corrected chi connectivity index (χ1v) is 11.5. The SMILES string of the molecule is Cn1cncc1C(OCc1ccccc1)c1ccc(C#N)c(-c2cccc3c2CCCC3)c1. The van der Waals surface area contributed by atoms with E-state index in [1.165, 1.54) is 29.5 Å². The van der Waals surface area contributed by atoms with Crippen molar-refractivity contribution in [2.45, 2.75) is 38.4 Å². The summed E-state index contributed by atoms with van der Waals surface area (Å²) < 4.78 is 8.47. The molecule has 4 nitrogen and oxygen atoms in total. The summed E-state index contributed by atoms with van der Waals surface area (Å²) in [5, 5.41) is 9.90. The molecule has 0 amide bonds. The van der Waals surface area contributed by atoms with Crippen molar-refractivity contribution >= 4 is 0 Å². The Balaban J connectivity index is 1.58. The van der Waals surface area contributed by atoms with Crippen LogP contribution in [0.15, 0.2) is 79.3 Å². The monoisotopic (exact) mass is 433 g/mol. The molecule has 0 fully saturated rings. The van der Waals surface area contributed by atoms with Gasteiger partial charge < -0.3 is 9.30 Å². The van der Waals surface area contributed by atoms with Gasteiger partial charge in [0.05, 0.1) is 36.5 Å². The number of benzene rings is 3. The van der Waals surface area contributed by atoms with Gasteiger partial charge in [0, 0.05) is 12.6 Å². The predicted octanol–water partition coefficient (Wildman–Crippen LogP) is 6.14. The van der Waals surface area contributed by atoms with Gasteiger partial charge in [0.2, 0.25) is 0 Å². The molecule has 1 heterocycles. The lowest BCUT2D eigenvalue weighted by molar-refractivity contribution is 0.0622. The molecule has 0 saturated carbocycles. The summed E-state index contributed by atoms with van der Waals surface area (Å²) in [6, 6.07) is 25.2. The highest BCUT2D eigenvalue weighted by Gasteiger charge is 2.22. The molecule has 1 atom stereocenters. The maximum absolute atomic E-state index is 9.90. The fraction of sp³-hybridized carbons (Fsp3) is 0.241. The zero-order valence-corrected chi connectivity index (χ0v) is 18.9. The topological polar surface area (TPSA) is 50.8 Å². The minimum atomic E-state index is -0.288. The molecule has 0 saturated heterocycles. The first-order chi connectivity index (χ1) is 16.2. The molecule has 0 bridgehead atoms. The minimum Gasteiger partial charge on any atom is -0.363 e. The van der Waals surface area contributed by atoms with Crippen molar-refractivity contribution < 1.29 is 4.74 Å². The molecule has 33 heavy (non-hydrogen) atoms. The van der Waals surface area contributed by atoms with Crippen molar-refractivity contribution in [2.75, 3.05) is 0 Å². The van der Waals surface area contributed by atoms with Crippen LogP contribution >= 0.6 is 0 Å². The van der Waals surface area contributed by atoms with E-state index in [1.807, 2.05) is 48.1 Å². The van der Waals surface area contributed by atoms with Crippen LogP contribution in [0.5, 0.6) is 0 Å². The Morgan fingerprint density at radius 2 is 1.85 bits per heavy atom. The van der Waals surface area contributed by atoms with Crippen molar-refractivity contribution in [1.82, 2.24) is 9.55 Å². The molecule has 1 unspecified atom stereocenters. The normalized spacial score (nSPS) is 13.8. The number of hydrogen-bond donors (Lipinski definition) is 0. The highest BCUT2D eigenvalue weighted by Crippen LogP contribution is 2.36. The molecule has 3 aromatic carbocycles. The smallest absolute Gasteiger partial charge is 0.124 e. The summed E-state index contributed by atoms with van der Waals surface area (Å²) in [5.41, 5.74) is 8.80. The van der Waals surface area contributed by atoms with Crippen LogP contribution in [0.3, 0.4) is 0 Å². The van der Waals surface area contributed by atoms with E-state index in [4.69, 9.17) is 4.74 Å². The van der Waals surface area contributed by atoms with E-state index in [0.29, 0.717) is 12.2 Å². The van der Waals surface area contributed by atoms with Crippen LogP contribution in [-0.4, -0.2) is 9.55 Å². The Bertz CT molecular complexity index is 1300. The van der Waals surface area contributed by atoms with Crippen LogP contribution < -0.4 is 0 Å². The third-order valence-corrected chi connectivity index (χ3v) is 6.53. The van der Waals surface area contributed by atoms with Crippen molar-refractivity contribution in [3.63, 3.8) is 0 Å². The van der Waals surface area contributed by atoms with Gasteiger partial charge in [-0.3, -0.25) is 0 Å². The third kappa shape index (κ3) is 4.33. The third-order valence-electron chi connectivity index (χ3n) is 6.53. The van der Waals surface area contributed by atoms with Gasteiger partial charge in [0.25, 0.3) is 0 Å². The van der Waals surface area contributed by atoms with Crippen LogP contribution in [0.25, 0.3) is 11.1 Å². The van der Waals surface area contributed by atoms with Crippen molar-refractivity contribution in [2.24, 2.45) is 7.05 Å². The maximum Gasteiger partial charge on any atom is 0.124 e. The average Bonchev–Trinajstić information content (AvgIpc) is 3.30. The second-order valence-electron chi connectivity index (χ2n) is 8.67. The number of nitrogens with zero attached hydrogens (tertiary/aromatic N) is 3. The van der Waals surface area contributed by atoms with Gasteiger partial charge in [-0.05, 0) is 65.6 Å². The highest BCUT2D eigenvalue weighted by atomic mass is 16.5. The zero-order chi connectivity index (χ0) is 22.6. The molecule has 5 rings (SSSR count). The molecule has 1 aliphatic carbocycles. The fourth-order valence-corrected chi connectivity index (χ4v) is 4.81. The number of aryl methyl sites for hydroxylation is 2. The molecule has 0 spiro atoms. The number of imidazole rings is 1. The van der Waals surface area contributed by atoms with Crippen LogP contribution in [-0.2, 0) is 31.2 Å². The van der Waals surface area contributed by atoms with Gasteiger partial charge in [-0.1, -0.05) is 54.6 Å². The average molecular weight is 434 g/mol. The van der Waals surface area contributed by atoms with E-state index < -0.39 is 0 Å². The van der Waals surface area contributed by atoms with Gasteiger partial charge in [-0.2, -0.15) is 5.26 Å². The number of hydrogen-bond acceptors (Lipinski definition) is 3. The highest BCUT2D eigenvalue weighted by molar-refractivity contribution is 5.75. The van der Waals surface area contributed by atoms with Crippen molar-refractivity contribution in [3.05, 3.63) is 113 Å². The van der Waals surface area contributed by atoms with Crippen LogP contribution in [0, 0.1) is 11.3 Å². The van der Waals surface area contributed by atoms with Gasteiger partial charge in [0.1, 0.15) is 6.10 Å². The quantitative estimate of drug-likeness (QED) is 0.367. The summed E-state index contributed by atoms with van der Waals surface area (Å²) in [7, 11) is 1.99. The van der Waals surface area contributed by atoms with Gasteiger partial charge in [-0.15, -0.1) is 0 Å². The molecule has 4 heteroatoms. The van der Waals surface area contributed by atoms with E-state index >= 15 is 0 Å². The molecule has 0 aliphatic heterocycles. The molecular formula is C29H27N3O. The molecule has 164 valence electrons. The number of fused-ring (bicyclic) bond motifs is 1. The van der Waals surface area contributed by atoms with Crippen molar-refractivity contribution in [1.29, 1.82) is 5.26 Å². The zero-order valence-electron chi connectivity index (χ0n) is 18.9. The number of rotatable bonds is 6. The predicted molar refractivity (Wildman–Crippen MR) is 130 cm³/mol. The summed E-state index contributed by atoms with van der Waals surface area (Å²) >= 11 is 0. The van der Waals surface area contributed by atoms with E-state index in [2.05, 4.69) is 47.5 Å². The lowest BCUT2D eigenvalue weighted by Crippen LogP contribution is -2.11. The first-order valence-electron chi connectivity index (χ1n) is 11.5. The molecular weight excluding hydrogens is 406 g/mol. The van der Waals surface area contributed by atoms with Gasteiger partial charge >= 0.3 is 0 Å². The van der Waals surface area contributed by atoms with Crippen LogP contribution in [0.2, 0.25) is 0 Å². The molecule has 0 N–H and O–H groups in total. The lowest BCUT2D eigenvalue weighted by Gasteiger charge is -2.23. The Morgan fingerprint density at radius 1 is 1.00 bits per heavy atom. The standard InChI is InChI=1S/C29H27N3O/c1-32-20-31-18-28(32)29(33-19-21-8-3-2-4-9-21)23-14-15-24(17-30)27(16-23)26-13-7-11-22-10-5-6-12-25(22)26/h2-4,7-9,11,13-16,18,20,29H,5-6,10,12,19H2,1H3. The summed E-state index contributed by atoms with van der Waals surface area (Å²) in [4.78, 5) is 4.33. The Kier molecular flexibility index (Phi) is 6.06. The van der Waals surface area contributed by atoms with E-state index in [0.717, 1.165) is 35.2 Å². The minimum absolute atomic E-state index is 0.288. The number of aromatic nitrogens is 2. The van der Waals surface area contributed by atoms with Crippen LogP contribution in [0.1, 0.15) is 52.5 Å². The number of ether oxygens (including phenoxy) is 1. The summed E-state index contributed by atoms with van der Waals surface area (Å²) in [6.07, 6.45) is 7.98. The molecule has 0 radical (unpaired) electrons. The maximum atomic E-state index is 9.90. The second kappa shape index (κ2) is 9.44. The Hall–Kier alpha value is -3.68. The van der Waals surface area contributed by atoms with E-state index in [-0.39, 0.29) is 6.10 Å². The summed E-state index contributed by atoms with van der Waals surface area (Å²) in [5.74, 6) is 0. The van der Waals surface area contributed by atoms with Crippen LogP contribution in [0.4, 0.5) is 0 Å². The fourth-order valence-electron chi connectivity index (χ4n) is 4.81. The molecule has 1 aromatic heterocycles. The molecule has 1 aliphatic rings. The number of nitriles is 1. The van der Waals surface area contributed by atoms with E-state index in [1.54, 1.807) is 6.33 Å². The molecule has 4 aromatic rings. The Morgan fingerprint density at radius 3 is 2.64 bits per heavy atom. The van der Waals surface area contributed by atoms with Gasteiger partial charge in [0.15, 0.2) is 0 Å². The van der Waals surface area contributed by atoms with Gasteiger partial charge in [-0.25, -0.2) is 4.98 Å². The lowest BCUT2D eigenvalue weighted by atomic mass is 9.84. The Labute approximate surface area is 195 Å². The largest absolute Gasteiger partial charge is 0.363 e. The first kappa shape index (κ1) is 21.2. The second-order valence-corrected chi connectivity index (χ2v) is 8.67. The summed E-state index contributed by atoms with van der Waals surface area (Å²) in [6.45, 7) is 0.493.